The lowest BCUT2D eigenvalue weighted by Gasteiger charge is -2.37. The van der Waals surface area contributed by atoms with Crippen LogP contribution >= 0.6 is 11.6 Å². The maximum absolute atomic E-state index is 13.3. The maximum Gasteiger partial charge on any atom is 0.255 e. The van der Waals surface area contributed by atoms with Gasteiger partial charge in [-0.05, 0) is 24.3 Å². The van der Waals surface area contributed by atoms with Crippen LogP contribution in [0, 0.1) is 0 Å². The minimum Gasteiger partial charge on any atom is -0.379 e. The third-order valence-electron chi connectivity index (χ3n) is 6.05. The van der Waals surface area contributed by atoms with Gasteiger partial charge in [-0.15, -0.1) is 0 Å². The van der Waals surface area contributed by atoms with E-state index in [0.29, 0.717) is 48.9 Å². The molecule has 7 nitrogen and oxygen atoms in total. The zero-order valence-corrected chi connectivity index (χ0v) is 19.5. The largest absolute Gasteiger partial charge is 0.379 e. The van der Waals surface area contributed by atoms with Gasteiger partial charge < -0.3 is 19.3 Å². The number of carbonyl (C=O) groups is 2. The Morgan fingerprint density at radius 3 is 2.45 bits per heavy atom. The van der Waals surface area contributed by atoms with Crippen molar-refractivity contribution in [1.82, 2.24) is 14.7 Å². The van der Waals surface area contributed by atoms with Crippen molar-refractivity contribution in [2.24, 2.45) is 0 Å². The van der Waals surface area contributed by atoms with Crippen molar-refractivity contribution in [3.05, 3.63) is 70.7 Å². The van der Waals surface area contributed by atoms with Crippen LogP contribution in [0.5, 0.6) is 0 Å². The van der Waals surface area contributed by atoms with E-state index in [-0.39, 0.29) is 17.9 Å². The van der Waals surface area contributed by atoms with Crippen molar-refractivity contribution in [1.29, 1.82) is 0 Å². The van der Waals surface area contributed by atoms with Crippen LogP contribution in [-0.2, 0) is 9.47 Å². The summed E-state index contributed by atoms with van der Waals surface area (Å²) in [6.07, 6.45) is -0.262. The first-order valence-corrected chi connectivity index (χ1v) is 11.8. The highest BCUT2D eigenvalue weighted by Gasteiger charge is 2.29. The van der Waals surface area contributed by atoms with Crippen LogP contribution in [0.2, 0.25) is 5.02 Å². The van der Waals surface area contributed by atoms with Gasteiger partial charge in [0.1, 0.15) is 0 Å². The number of hydrogen-bond donors (Lipinski definition) is 0. The Morgan fingerprint density at radius 1 is 0.970 bits per heavy atom. The molecule has 0 aliphatic carbocycles. The molecule has 2 amide bonds. The Morgan fingerprint density at radius 2 is 1.70 bits per heavy atom. The highest BCUT2D eigenvalue weighted by molar-refractivity contribution is 6.33. The van der Waals surface area contributed by atoms with E-state index in [1.807, 2.05) is 47.4 Å². The van der Waals surface area contributed by atoms with Crippen molar-refractivity contribution in [3.63, 3.8) is 0 Å². The summed E-state index contributed by atoms with van der Waals surface area (Å²) in [5.41, 5.74) is 1.14. The summed E-state index contributed by atoms with van der Waals surface area (Å²) in [5, 5.41) is 0.442. The molecule has 2 fully saturated rings. The highest BCUT2D eigenvalue weighted by atomic mass is 35.5. The minimum atomic E-state index is -0.262. The first kappa shape index (κ1) is 23.7. The molecule has 0 N–H and O–H groups in total. The first-order valence-electron chi connectivity index (χ1n) is 11.4. The Labute approximate surface area is 199 Å². The lowest BCUT2D eigenvalue weighted by atomic mass is 10.1. The fourth-order valence-electron chi connectivity index (χ4n) is 4.19. The summed E-state index contributed by atoms with van der Waals surface area (Å²) in [6.45, 7) is 6.31. The second kappa shape index (κ2) is 11.6. The van der Waals surface area contributed by atoms with Crippen molar-refractivity contribution < 1.29 is 19.1 Å². The highest BCUT2D eigenvalue weighted by Crippen LogP contribution is 2.19. The SMILES string of the molecule is O=C(c1ccccc1)N(CCN1CCOCC1)C[C@@H]1CN(C(=O)c2ccccc2Cl)CCO1. The molecule has 0 bridgehead atoms. The van der Waals surface area contributed by atoms with Crippen molar-refractivity contribution in [3.8, 4) is 0 Å². The van der Waals surface area contributed by atoms with Crippen LogP contribution in [0.15, 0.2) is 54.6 Å². The van der Waals surface area contributed by atoms with Gasteiger partial charge in [0.05, 0.1) is 36.5 Å². The summed E-state index contributed by atoms with van der Waals surface area (Å²) >= 11 is 6.24. The lowest BCUT2D eigenvalue weighted by molar-refractivity contribution is -0.0346. The molecule has 176 valence electrons. The topological polar surface area (TPSA) is 62.3 Å². The van der Waals surface area contributed by atoms with Gasteiger partial charge in [0.15, 0.2) is 0 Å². The summed E-state index contributed by atoms with van der Waals surface area (Å²) in [6, 6.07) is 16.4. The molecule has 33 heavy (non-hydrogen) atoms. The van der Waals surface area contributed by atoms with Crippen molar-refractivity contribution >= 4 is 23.4 Å². The van der Waals surface area contributed by atoms with Gasteiger partial charge in [-0.3, -0.25) is 14.5 Å². The zero-order chi connectivity index (χ0) is 23.0. The third-order valence-corrected chi connectivity index (χ3v) is 6.38. The monoisotopic (exact) mass is 471 g/mol. The number of carbonyl (C=O) groups excluding carboxylic acids is 2. The van der Waals surface area contributed by atoms with Gasteiger partial charge in [-0.1, -0.05) is 41.9 Å². The Balaban J connectivity index is 1.43. The average Bonchev–Trinajstić information content (AvgIpc) is 2.87. The molecule has 2 aromatic carbocycles. The molecule has 1 atom stereocenters. The second-order valence-corrected chi connectivity index (χ2v) is 8.70. The van der Waals surface area contributed by atoms with Crippen LogP contribution in [-0.4, -0.2) is 98.3 Å². The number of rotatable bonds is 7. The van der Waals surface area contributed by atoms with Crippen LogP contribution < -0.4 is 0 Å². The number of nitrogens with zero attached hydrogens (tertiary/aromatic N) is 3. The van der Waals surface area contributed by atoms with E-state index in [1.165, 1.54) is 0 Å². The molecule has 2 aliphatic rings. The summed E-state index contributed by atoms with van der Waals surface area (Å²) in [4.78, 5) is 32.3. The molecule has 2 aromatic rings. The number of benzene rings is 2. The molecule has 2 heterocycles. The standard InChI is InChI=1S/C25H30ClN3O4/c26-23-9-5-4-8-22(23)25(31)29-14-17-33-21(19-29)18-28(11-10-27-12-15-32-16-13-27)24(30)20-6-2-1-3-7-20/h1-9,21H,10-19H2/t21-/m1/s1. The van der Waals surface area contributed by atoms with Crippen molar-refractivity contribution in [2.75, 3.05) is 65.6 Å². The van der Waals surface area contributed by atoms with Gasteiger partial charge in [0, 0.05) is 51.4 Å². The molecule has 2 saturated heterocycles. The molecule has 8 heteroatoms. The van der Waals surface area contributed by atoms with Crippen LogP contribution in [0.3, 0.4) is 0 Å². The van der Waals surface area contributed by atoms with E-state index in [2.05, 4.69) is 4.90 Å². The molecule has 0 radical (unpaired) electrons. The molecular formula is C25H30ClN3O4. The van der Waals surface area contributed by atoms with Crippen LogP contribution in [0.4, 0.5) is 0 Å². The lowest BCUT2D eigenvalue weighted by Crippen LogP contribution is -2.52. The van der Waals surface area contributed by atoms with E-state index in [4.69, 9.17) is 21.1 Å². The van der Waals surface area contributed by atoms with E-state index < -0.39 is 0 Å². The quantitative estimate of drug-likeness (QED) is 0.621. The van der Waals surface area contributed by atoms with E-state index >= 15 is 0 Å². The molecule has 4 rings (SSSR count). The van der Waals surface area contributed by atoms with E-state index in [1.54, 1.807) is 17.0 Å². The third kappa shape index (κ3) is 6.32. The smallest absolute Gasteiger partial charge is 0.255 e. The Kier molecular flexibility index (Phi) is 8.34. The fourth-order valence-corrected chi connectivity index (χ4v) is 4.41. The van der Waals surface area contributed by atoms with Crippen molar-refractivity contribution in [2.45, 2.75) is 6.10 Å². The number of amides is 2. The summed E-state index contributed by atoms with van der Waals surface area (Å²) in [5.74, 6) is -0.134. The molecule has 0 saturated carbocycles. The molecular weight excluding hydrogens is 442 g/mol. The number of morpholine rings is 2. The molecule has 0 spiro atoms. The Bertz CT molecular complexity index is 936. The zero-order valence-electron chi connectivity index (χ0n) is 18.7. The van der Waals surface area contributed by atoms with Gasteiger partial charge in [0.2, 0.25) is 0 Å². The Hall–Kier alpha value is -2.45. The van der Waals surface area contributed by atoms with Crippen LogP contribution in [0.1, 0.15) is 20.7 Å². The molecule has 0 aromatic heterocycles. The van der Waals surface area contributed by atoms with E-state index in [9.17, 15) is 9.59 Å². The first-order chi connectivity index (χ1) is 16.1. The number of halogens is 1. The number of hydrogen-bond acceptors (Lipinski definition) is 5. The van der Waals surface area contributed by atoms with Gasteiger partial charge in [0.25, 0.3) is 11.8 Å². The summed E-state index contributed by atoms with van der Waals surface area (Å²) in [7, 11) is 0. The number of ether oxygens (including phenoxy) is 2. The predicted molar refractivity (Wildman–Crippen MR) is 127 cm³/mol. The summed E-state index contributed by atoms with van der Waals surface area (Å²) < 4.78 is 11.4. The van der Waals surface area contributed by atoms with Gasteiger partial charge >= 0.3 is 0 Å². The maximum atomic E-state index is 13.3. The van der Waals surface area contributed by atoms with E-state index in [0.717, 1.165) is 32.8 Å². The van der Waals surface area contributed by atoms with Crippen LogP contribution in [0.25, 0.3) is 0 Å². The predicted octanol–water partition coefficient (Wildman–Crippen LogP) is 2.66. The van der Waals surface area contributed by atoms with Gasteiger partial charge in [-0.2, -0.15) is 0 Å². The van der Waals surface area contributed by atoms with Gasteiger partial charge in [-0.25, -0.2) is 0 Å². The normalized spacial score (nSPS) is 19.3. The fraction of sp³-hybridized carbons (Fsp3) is 0.440. The molecule has 2 aliphatic heterocycles. The minimum absolute atomic E-state index is 0.0259. The second-order valence-electron chi connectivity index (χ2n) is 8.30. The molecule has 0 unspecified atom stereocenters. The average molecular weight is 472 g/mol.